The van der Waals surface area contributed by atoms with Crippen molar-refractivity contribution in [1.29, 1.82) is 0 Å². The smallest absolute Gasteiger partial charge is 0.210 e. The lowest BCUT2D eigenvalue weighted by Crippen LogP contribution is -2.39. The zero-order valence-corrected chi connectivity index (χ0v) is 13.9. The molecule has 0 bridgehead atoms. The summed E-state index contributed by atoms with van der Waals surface area (Å²) in [4.78, 5) is 0.471. The van der Waals surface area contributed by atoms with Crippen molar-refractivity contribution in [3.8, 4) is 5.75 Å². The van der Waals surface area contributed by atoms with Crippen LogP contribution in [0.1, 0.15) is 17.9 Å². The van der Waals surface area contributed by atoms with Gasteiger partial charge < -0.3 is 10.1 Å². The van der Waals surface area contributed by atoms with Crippen molar-refractivity contribution in [1.82, 2.24) is 5.32 Å². The Morgan fingerprint density at radius 3 is 2.70 bits per heavy atom. The van der Waals surface area contributed by atoms with Gasteiger partial charge in [-0.3, -0.25) is 0 Å². The lowest BCUT2D eigenvalue weighted by Gasteiger charge is -2.24. The molecule has 2 aliphatic heterocycles. The Morgan fingerprint density at radius 1 is 1.13 bits per heavy atom. The molecule has 1 saturated heterocycles. The van der Waals surface area contributed by atoms with Crippen LogP contribution >= 0.6 is 11.6 Å². The third kappa shape index (κ3) is 2.43. The first-order valence-corrected chi connectivity index (χ1v) is 9.44. The van der Waals surface area contributed by atoms with E-state index in [9.17, 15) is 8.42 Å². The van der Waals surface area contributed by atoms with Crippen LogP contribution in [0.15, 0.2) is 52.3 Å². The molecule has 0 spiro atoms. The third-order valence-corrected chi connectivity index (χ3v) is 6.56. The molecule has 2 aliphatic rings. The van der Waals surface area contributed by atoms with Crippen molar-refractivity contribution < 1.29 is 13.2 Å². The molecule has 4 rings (SSSR count). The summed E-state index contributed by atoms with van der Waals surface area (Å²) in [5, 5.41) is 3.81. The van der Waals surface area contributed by atoms with Crippen molar-refractivity contribution in [3.63, 3.8) is 0 Å². The third-order valence-electron chi connectivity index (χ3n) is 4.52. The number of hydrogen-bond donors (Lipinski definition) is 1. The summed E-state index contributed by atoms with van der Waals surface area (Å²) in [6.07, 6.45) is 0.975. The predicted octanol–water partition coefficient (Wildman–Crippen LogP) is 3.01. The number of piperidine rings is 1. The number of ether oxygens (including phenoxy) is 1. The van der Waals surface area contributed by atoms with Crippen LogP contribution in [0.5, 0.6) is 5.75 Å². The summed E-state index contributed by atoms with van der Waals surface area (Å²) >= 11 is 5.86. The van der Waals surface area contributed by atoms with E-state index in [1.165, 1.54) is 12.1 Å². The summed E-state index contributed by atoms with van der Waals surface area (Å²) < 4.78 is 31.9. The minimum Gasteiger partial charge on any atom is -0.487 e. The second-order valence-electron chi connectivity index (χ2n) is 5.89. The molecule has 6 heteroatoms. The van der Waals surface area contributed by atoms with Gasteiger partial charge in [0.25, 0.3) is 0 Å². The minimum atomic E-state index is -3.63. The molecule has 0 saturated carbocycles. The Bertz CT molecular complexity index is 849. The highest BCUT2D eigenvalue weighted by molar-refractivity contribution is 7.91. The summed E-state index contributed by atoms with van der Waals surface area (Å²) in [6.45, 7) is 1.68. The molecule has 23 heavy (non-hydrogen) atoms. The van der Waals surface area contributed by atoms with Crippen molar-refractivity contribution >= 4 is 21.4 Å². The first-order valence-electron chi connectivity index (χ1n) is 7.58. The van der Waals surface area contributed by atoms with E-state index in [4.69, 9.17) is 16.3 Å². The molecule has 4 nitrogen and oxygen atoms in total. The van der Waals surface area contributed by atoms with E-state index in [1.54, 1.807) is 24.3 Å². The number of para-hydroxylation sites is 1. The van der Waals surface area contributed by atoms with Gasteiger partial charge in [0, 0.05) is 23.0 Å². The van der Waals surface area contributed by atoms with Crippen molar-refractivity contribution in [2.24, 2.45) is 0 Å². The first-order chi connectivity index (χ1) is 11.1. The predicted molar refractivity (Wildman–Crippen MR) is 88.0 cm³/mol. The first kappa shape index (κ1) is 15.0. The number of nitrogens with one attached hydrogen (secondary N) is 1. The van der Waals surface area contributed by atoms with Crippen LogP contribution in [-0.4, -0.2) is 27.6 Å². The Kier molecular flexibility index (Phi) is 3.59. The van der Waals surface area contributed by atoms with Crippen LogP contribution in [0.4, 0.5) is 0 Å². The van der Waals surface area contributed by atoms with E-state index in [2.05, 4.69) is 5.32 Å². The quantitative estimate of drug-likeness (QED) is 0.905. The van der Waals surface area contributed by atoms with Crippen LogP contribution in [0.2, 0.25) is 5.02 Å². The number of fused-ring (bicyclic) bond motifs is 3. The van der Waals surface area contributed by atoms with Crippen molar-refractivity contribution in [2.45, 2.75) is 28.2 Å². The molecule has 0 aromatic heterocycles. The van der Waals surface area contributed by atoms with Gasteiger partial charge in [-0.05, 0) is 43.3 Å². The molecule has 1 fully saturated rings. The summed E-state index contributed by atoms with van der Waals surface area (Å²) in [6, 6.07) is 11.6. The van der Waals surface area contributed by atoms with Crippen LogP contribution in [0.25, 0.3) is 0 Å². The second-order valence-corrected chi connectivity index (χ2v) is 8.24. The van der Waals surface area contributed by atoms with Gasteiger partial charge in [0.1, 0.15) is 16.7 Å². The molecule has 2 atom stereocenters. The molecular weight excluding hydrogens is 334 g/mol. The zero-order chi connectivity index (χ0) is 16.0. The van der Waals surface area contributed by atoms with Crippen molar-refractivity contribution in [3.05, 3.63) is 53.1 Å². The van der Waals surface area contributed by atoms with Gasteiger partial charge in [-0.1, -0.05) is 23.7 Å². The zero-order valence-electron chi connectivity index (χ0n) is 12.3. The van der Waals surface area contributed by atoms with E-state index >= 15 is 0 Å². The topological polar surface area (TPSA) is 55.4 Å². The molecule has 120 valence electrons. The van der Waals surface area contributed by atoms with E-state index < -0.39 is 9.84 Å². The second kappa shape index (κ2) is 5.51. The van der Waals surface area contributed by atoms with Crippen LogP contribution < -0.4 is 10.1 Å². The highest BCUT2D eigenvalue weighted by Crippen LogP contribution is 2.45. The number of sulfone groups is 1. The number of rotatable bonds is 2. The molecule has 2 heterocycles. The Balaban J connectivity index is 1.82. The fraction of sp³-hybridized carbons (Fsp3) is 0.294. The Labute approximate surface area is 140 Å². The SMILES string of the molecule is O=S(=O)(c1ccc(Cl)cc1)c1cccc2c1OC1CNCCC21. The van der Waals surface area contributed by atoms with Gasteiger partial charge in [-0.2, -0.15) is 0 Å². The van der Waals surface area contributed by atoms with Crippen LogP contribution in [-0.2, 0) is 9.84 Å². The molecule has 2 aromatic rings. The highest BCUT2D eigenvalue weighted by atomic mass is 35.5. The lowest BCUT2D eigenvalue weighted by molar-refractivity contribution is 0.173. The van der Waals surface area contributed by atoms with Gasteiger partial charge in [0.15, 0.2) is 0 Å². The maximum absolute atomic E-state index is 13.0. The molecular formula is C17H16ClNO3S. The fourth-order valence-corrected chi connectivity index (χ4v) is 4.91. The molecule has 0 amide bonds. The van der Waals surface area contributed by atoms with E-state index in [1.807, 2.05) is 6.07 Å². The molecule has 2 unspecified atom stereocenters. The summed E-state index contributed by atoms with van der Waals surface area (Å²) in [7, 11) is -3.63. The number of hydrogen-bond acceptors (Lipinski definition) is 4. The molecule has 2 aromatic carbocycles. The van der Waals surface area contributed by atoms with Gasteiger partial charge in [-0.15, -0.1) is 0 Å². The van der Waals surface area contributed by atoms with E-state index in [-0.39, 0.29) is 21.8 Å². The van der Waals surface area contributed by atoms with E-state index in [0.717, 1.165) is 25.1 Å². The molecule has 1 N–H and O–H groups in total. The fourth-order valence-electron chi connectivity index (χ4n) is 3.36. The largest absolute Gasteiger partial charge is 0.487 e. The van der Waals surface area contributed by atoms with Gasteiger partial charge in [0.05, 0.1) is 4.90 Å². The molecule has 0 radical (unpaired) electrons. The normalized spacial score (nSPS) is 23.0. The van der Waals surface area contributed by atoms with E-state index in [0.29, 0.717) is 10.8 Å². The summed E-state index contributed by atoms with van der Waals surface area (Å²) in [5.41, 5.74) is 1.01. The van der Waals surface area contributed by atoms with Gasteiger partial charge >= 0.3 is 0 Å². The summed E-state index contributed by atoms with van der Waals surface area (Å²) in [5.74, 6) is 0.785. The van der Waals surface area contributed by atoms with Crippen molar-refractivity contribution in [2.75, 3.05) is 13.1 Å². The number of halogens is 1. The Morgan fingerprint density at radius 2 is 1.91 bits per heavy atom. The van der Waals surface area contributed by atoms with Crippen LogP contribution in [0.3, 0.4) is 0 Å². The average Bonchev–Trinajstić information content (AvgIpc) is 2.93. The van der Waals surface area contributed by atoms with Gasteiger partial charge in [-0.25, -0.2) is 8.42 Å². The van der Waals surface area contributed by atoms with Crippen LogP contribution in [0, 0.1) is 0 Å². The monoisotopic (exact) mass is 349 g/mol. The lowest BCUT2D eigenvalue weighted by atomic mass is 9.90. The standard InChI is InChI=1S/C17H16ClNO3S/c18-11-4-6-12(7-5-11)23(20,21)16-3-1-2-14-13-8-9-19-10-15(13)22-17(14)16/h1-7,13,15,19H,8-10H2. The minimum absolute atomic E-state index is 0.0142. The maximum atomic E-state index is 13.0. The maximum Gasteiger partial charge on any atom is 0.210 e. The Hall–Kier alpha value is -1.56. The number of benzene rings is 2. The molecule has 0 aliphatic carbocycles. The highest BCUT2D eigenvalue weighted by Gasteiger charge is 2.39. The average molecular weight is 350 g/mol. The van der Waals surface area contributed by atoms with Gasteiger partial charge in [0.2, 0.25) is 9.84 Å².